The average molecular weight is 222 g/mol. The molecule has 1 unspecified atom stereocenters. The quantitative estimate of drug-likeness (QED) is 0.769. The topological polar surface area (TPSA) is 51.2 Å². The van der Waals surface area contributed by atoms with E-state index in [0.29, 0.717) is 6.42 Å². The Kier molecular flexibility index (Phi) is 4.92. The van der Waals surface area contributed by atoms with Gasteiger partial charge in [-0.3, -0.25) is 9.78 Å². The number of nitrogens with one attached hydrogen (secondary N) is 1. The van der Waals surface area contributed by atoms with E-state index in [9.17, 15) is 4.79 Å². The number of pyridine rings is 1. The second kappa shape index (κ2) is 6.23. The smallest absolute Gasteiger partial charge is 0.307 e. The van der Waals surface area contributed by atoms with Crippen molar-refractivity contribution in [1.82, 2.24) is 10.3 Å². The molecule has 0 spiro atoms. The van der Waals surface area contributed by atoms with Crippen molar-refractivity contribution in [3.63, 3.8) is 0 Å². The van der Waals surface area contributed by atoms with E-state index in [1.54, 1.807) is 12.4 Å². The maximum atomic E-state index is 11.3. The lowest BCUT2D eigenvalue weighted by Crippen LogP contribution is -2.25. The number of aromatic nitrogens is 1. The Labute approximate surface area is 96.0 Å². The molecule has 16 heavy (non-hydrogen) atoms. The van der Waals surface area contributed by atoms with Crippen molar-refractivity contribution in [3.8, 4) is 0 Å². The van der Waals surface area contributed by atoms with Gasteiger partial charge >= 0.3 is 5.97 Å². The molecule has 0 radical (unpaired) electrons. The molecule has 0 aliphatic rings. The fraction of sp³-hybridized carbons (Fsp3) is 0.500. The average Bonchev–Trinajstić information content (AvgIpc) is 2.29. The van der Waals surface area contributed by atoms with Crippen LogP contribution in [0, 0.1) is 6.92 Å². The Bertz CT molecular complexity index is 353. The van der Waals surface area contributed by atoms with Crippen molar-refractivity contribution in [2.75, 3.05) is 13.7 Å². The summed E-state index contributed by atoms with van der Waals surface area (Å²) < 4.78 is 4.69. The minimum absolute atomic E-state index is 0.0221. The van der Waals surface area contributed by atoms with Crippen LogP contribution in [0.1, 0.15) is 30.5 Å². The largest absolute Gasteiger partial charge is 0.469 e. The molecule has 4 heteroatoms. The highest BCUT2D eigenvalue weighted by Gasteiger charge is 2.17. The zero-order valence-electron chi connectivity index (χ0n) is 9.99. The highest BCUT2D eigenvalue weighted by molar-refractivity contribution is 5.70. The number of hydrogen-bond donors (Lipinski definition) is 1. The number of methoxy groups -OCH3 is 1. The molecule has 1 N–H and O–H groups in total. The first kappa shape index (κ1) is 12.6. The lowest BCUT2D eigenvalue weighted by molar-refractivity contribution is -0.141. The van der Waals surface area contributed by atoms with Gasteiger partial charge in [0, 0.05) is 18.4 Å². The van der Waals surface area contributed by atoms with E-state index in [2.05, 4.69) is 15.0 Å². The van der Waals surface area contributed by atoms with Crippen molar-refractivity contribution in [1.29, 1.82) is 0 Å². The Morgan fingerprint density at radius 1 is 1.62 bits per heavy atom. The molecule has 0 bridgehead atoms. The summed E-state index contributed by atoms with van der Waals surface area (Å²) in [6.07, 6.45) is 3.88. The molecule has 1 rings (SSSR count). The van der Waals surface area contributed by atoms with Gasteiger partial charge in [0.1, 0.15) is 0 Å². The predicted octanol–water partition coefficient (Wildman–Crippen LogP) is 1.60. The van der Waals surface area contributed by atoms with Crippen LogP contribution < -0.4 is 5.32 Å². The molecular weight excluding hydrogens is 204 g/mol. The van der Waals surface area contributed by atoms with Crippen molar-refractivity contribution in [3.05, 3.63) is 29.6 Å². The third kappa shape index (κ3) is 3.31. The second-order valence-electron chi connectivity index (χ2n) is 3.62. The summed E-state index contributed by atoms with van der Waals surface area (Å²) >= 11 is 0. The van der Waals surface area contributed by atoms with E-state index in [0.717, 1.165) is 17.7 Å². The van der Waals surface area contributed by atoms with E-state index >= 15 is 0 Å². The van der Waals surface area contributed by atoms with Gasteiger partial charge in [-0.25, -0.2) is 0 Å². The molecular formula is C12H18N2O2. The van der Waals surface area contributed by atoms with Gasteiger partial charge in [-0.15, -0.1) is 0 Å². The summed E-state index contributed by atoms with van der Waals surface area (Å²) in [5.41, 5.74) is 2.18. The molecule has 0 saturated heterocycles. The normalized spacial score (nSPS) is 12.2. The summed E-state index contributed by atoms with van der Waals surface area (Å²) in [6.45, 7) is 4.82. The zero-order valence-corrected chi connectivity index (χ0v) is 9.99. The standard InChI is InChI=1S/C12H18N2O2/c1-4-14-11(7-12(15)16-3)10-8-13-6-5-9(10)2/h5-6,8,11,14H,4,7H2,1-3H3. The van der Waals surface area contributed by atoms with Crippen molar-refractivity contribution < 1.29 is 9.53 Å². The van der Waals surface area contributed by atoms with Gasteiger partial charge in [-0.1, -0.05) is 6.92 Å². The number of rotatable bonds is 5. The van der Waals surface area contributed by atoms with Crippen molar-refractivity contribution >= 4 is 5.97 Å². The minimum Gasteiger partial charge on any atom is -0.469 e. The number of hydrogen-bond acceptors (Lipinski definition) is 4. The van der Waals surface area contributed by atoms with Crippen LogP contribution in [0.2, 0.25) is 0 Å². The van der Waals surface area contributed by atoms with Crippen LogP contribution in [0.15, 0.2) is 18.5 Å². The molecule has 0 aliphatic heterocycles. The summed E-state index contributed by atoms with van der Waals surface area (Å²) in [7, 11) is 1.40. The van der Waals surface area contributed by atoms with E-state index in [1.807, 2.05) is 19.9 Å². The van der Waals surface area contributed by atoms with Gasteiger partial charge in [0.25, 0.3) is 0 Å². The highest BCUT2D eigenvalue weighted by Crippen LogP contribution is 2.19. The molecule has 1 atom stereocenters. The number of ether oxygens (including phenoxy) is 1. The van der Waals surface area contributed by atoms with E-state index in [4.69, 9.17) is 0 Å². The molecule has 1 aromatic rings. The van der Waals surface area contributed by atoms with Gasteiger partial charge in [0.05, 0.1) is 13.5 Å². The highest BCUT2D eigenvalue weighted by atomic mass is 16.5. The molecule has 0 amide bonds. The number of esters is 1. The molecule has 0 aromatic carbocycles. The predicted molar refractivity (Wildman–Crippen MR) is 62.0 cm³/mol. The van der Waals surface area contributed by atoms with Gasteiger partial charge in [0.15, 0.2) is 0 Å². The maximum absolute atomic E-state index is 11.3. The Balaban J connectivity index is 2.85. The summed E-state index contributed by atoms with van der Waals surface area (Å²) in [5.74, 6) is -0.214. The van der Waals surface area contributed by atoms with Crippen LogP contribution in [0.25, 0.3) is 0 Å². The minimum atomic E-state index is -0.214. The molecule has 1 heterocycles. The first-order valence-electron chi connectivity index (χ1n) is 5.39. The second-order valence-corrected chi connectivity index (χ2v) is 3.62. The summed E-state index contributed by atoms with van der Waals surface area (Å²) in [5, 5.41) is 3.26. The van der Waals surface area contributed by atoms with Crippen LogP contribution in [0.4, 0.5) is 0 Å². The maximum Gasteiger partial charge on any atom is 0.307 e. The van der Waals surface area contributed by atoms with Crippen LogP contribution in [-0.2, 0) is 9.53 Å². The summed E-state index contributed by atoms with van der Waals surface area (Å²) in [4.78, 5) is 15.4. The fourth-order valence-electron chi connectivity index (χ4n) is 1.63. The van der Waals surface area contributed by atoms with Crippen molar-refractivity contribution in [2.45, 2.75) is 26.3 Å². The third-order valence-electron chi connectivity index (χ3n) is 2.50. The van der Waals surface area contributed by atoms with Gasteiger partial charge < -0.3 is 10.1 Å². The SMILES string of the molecule is CCNC(CC(=O)OC)c1cnccc1C. The van der Waals surface area contributed by atoms with E-state index < -0.39 is 0 Å². The lowest BCUT2D eigenvalue weighted by atomic mass is 10.0. The number of aryl methyl sites for hydroxylation is 1. The van der Waals surface area contributed by atoms with Gasteiger partial charge in [-0.05, 0) is 30.7 Å². The van der Waals surface area contributed by atoms with Crippen LogP contribution >= 0.6 is 0 Å². The number of nitrogens with zero attached hydrogens (tertiary/aromatic N) is 1. The first-order chi connectivity index (χ1) is 7.69. The molecule has 0 saturated carbocycles. The van der Waals surface area contributed by atoms with E-state index in [-0.39, 0.29) is 12.0 Å². The molecule has 0 aliphatic carbocycles. The van der Waals surface area contributed by atoms with Crippen LogP contribution in [-0.4, -0.2) is 24.6 Å². The third-order valence-corrected chi connectivity index (χ3v) is 2.50. The lowest BCUT2D eigenvalue weighted by Gasteiger charge is -2.18. The van der Waals surface area contributed by atoms with Crippen LogP contribution in [0.5, 0.6) is 0 Å². The van der Waals surface area contributed by atoms with Crippen LogP contribution in [0.3, 0.4) is 0 Å². The van der Waals surface area contributed by atoms with Gasteiger partial charge in [0.2, 0.25) is 0 Å². The molecule has 4 nitrogen and oxygen atoms in total. The number of carbonyl (C=O) groups is 1. The first-order valence-corrected chi connectivity index (χ1v) is 5.39. The fourth-order valence-corrected chi connectivity index (χ4v) is 1.63. The monoisotopic (exact) mass is 222 g/mol. The zero-order chi connectivity index (χ0) is 12.0. The Hall–Kier alpha value is -1.42. The Morgan fingerprint density at radius 3 is 2.94 bits per heavy atom. The van der Waals surface area contributed by atoms with Crippen molar-refractivity contribution in [2.24, 2.45) is 0 Å². The Morgan fingerprint density at radius 2 is 2.38 bits per heavy atom. The molecule has 1 aromatic heterocycles. The molecule has 0 fully saturated rings. The molecule has 88 valence electrons. The summed E-state index contributed by atoms with van der Waals surface area (Å²) in [6, 6.07) is 1.92. The van der Waals surface area contributed by atoms with Gasteiger partial charge in [-0.2, -0.15) is 0 Å². The number of carbonyl (C=O) groups excluding carboxylic acids is 1. The van der Waals surface area contributed by atoms with E-state index in [1.165, 1.54) is 7.11 Å².